The van der Waals surface area contributed by atoms with Gasteiger partial charge >= 0.3 is 0 Å². The predicted octanol–water partition coefficient (Wildman–Crippen LogP) is 2.95. The first-order chi connectivity index (χ1) is 11.2. The number of guanidine groups is 1. The number of rotatable bonds is 7. The third-order valence-electron chi connectivity index (χ3n) is 3.90. The summed E-state index contributed by atoms with van der Waals surface area (Å²) >= 11 is 1.77. The second kappa shape index (κ2) is 12.1. The van der Waals surface area contributed by atoms with Gasteiger partial charge in [-0.15, -0.1) is 35.3 Å². The maximum atomic E-state index is 5.40. The van der Waals surface area contributed by atoms with E-state index < -0.39 is 0 Å². The minimum atomic E-state index is 0. The molecule has 0 saturated carbocycles. The van der Waals surface area contributed by atoms with E-state index in [4.69, 9.17) is 9.73 Å². The molecule has 1 fully saturated rings. The Morgan fingerprint density at radius 1 is 1.38 bits per heavy atom. The smallest absolute Gasteiger partial charge is 0.191 e. The quantitative estimate of drug-likeness (QED) is 0.369. The summed E-state index contributed by atoms with van der Waals surface area (Å²) in [6.07, 6.45) is 0. The average molecular weight is 466 g/mol. The van der Waals surface area contributed by atoms with Gasteiger partial charge in [0.1, 0.15) is 0 Å². The maximum Gasteiger partial charge on any atom is 0.191 e. The zero-order valence-corrected chi connectivity index (χ0v) is 18.1. The van der Waals surface area contributed by atoms with E-state index in [0.29, 0.717) is 5.92 Å². The number of hydrogen-bond acceptors (Lipinski definition) is 4. The number of aliphatic imine (C=N–C) groups is 1. The van der Waals surface area contributed by atoms with Gasteiger partial charge in [0.05, 0.1) is 19.3 Å². The third kappa shape index (κ3) is 7.67. The molecular formula is C17H31IN4OS. The number of thiophene rings is 1. The summed E-state index contributed by atoms with van der Waals surface area (Å²) in [6, 6.07) is 4.53. The lowest BCUT2D eigenvalue weighted by atomic mass is 10.1. The molecule has 2 heterocycles. The summed E-state index contributed by atoms with van der Waals surface area (Å²) in [7, 11) is 0. The summed E-state index contributed by atoms with van der Waals surface area (Å²) in [5.74, 6) is 1.45. The average Bonchev–Trinajstić information content (AvgIpc) is 3.08. The summed E-state index contributed by atoms with van der Waals surface area (Å²) < 4.78 is 5.40. The number of hydrogen-bond donors (Lipinski definition) is 2. The molecule has 1 aliphatic rings. The Hall–Kier alpha value is -0.380. The predicted molar refractivity (Wildman–Crippen MR) is 114 cm³/mol. The third-order valence-corrected chi connectivity index (χ3v) is 4.96. The fourth-order valence-electron chi connectivity index (χ4n) is 2.66. The van der Waals surface area contributed by atoms with Crippen molar-refractivity contribution in [2.45, 2.75) is 26.8 Å². The zero-order chi connectivity index (χ0) is 16.5. The van der Waals surface area contributed by atoms with E-state index in [-0.39, 0.29) is 30.0 Å². The van der Waals surface area contributed by atoms with Crippen LogP contribution in [0.25, 0.3) is 0 Å². The molecule has 138 valence electrons. The van der Waals surface area contributed by atoms with Crippen LogP contribution in [0.1, 0.15) is 31.7 Å². The van der Waals surface area contributed by atoms with Crippen molar-refractivity contribution in [3.05, 3.63) is 22.4 Å². The van der Waals surface area contributed by atoms with Gasteiger partial charge in [-0.05, 0) is 31.2 Å². The molecule has 0 radical (unpaired) electrons. The number of nitrogens with zero attached hydrogens (tertiary/aromatic N) is 2. The SMILES string of the molecule is CCNC(=NCC(C)CN1CCOCC1)NC(C)c1cccs1.I. The van der Waals surface area contributed by atoms with Gasteiger partial charge in [0.25, 0.3) is 0 Å². The molecule has 0 amide bonds. The monoisotopic (exact) mass is 466 g/mol. The molecule has 2 unspecified atom stereocenters. The molecule has 0 aliphatic carbocycles. The Labute approximate surface area is 167 Å². The van der Waals surface area contributed by atoms with Gasteiger partial charge in [0.2, 0.25) is 0 Å². The number of morpholine rings is 1. The molecular weight excluding hydrogens is 435 g/mol. The van der Waals surface area contributed by atoms with Gasteiger partial charge in [-0.1, -0.05) is 13.0 Å². The summed E-state index contributed by atoms with van der Waals surface area (Å²) in [6.45, 7) is 13.2. The van der Waals surface area contributed by atoms with E-state index >= 15 is 0 Å². The minimum Gasteiger partial charge on any atom is -0.379 e. The fourth-order valence-corrected chi connectivity index (χ4v) is 3.40. The molecule has 2 N–H and O–H groups in total. The normalized spacial score (nSPS) is 18.5. The van der Waals surface area contributed by atoms with Crippen molar-refractivity contribution in [3.8, 4) is 0 Å². The lowest BCUT2D eigenvalue weighted by Gasteiger charge is -2.28. The van der Waals surface area contributed by atoms with Crippen molar-refractivity contribution in [2.75, 3.05) is 45.9 Å². The van der Waals surface area contributed by atoms with Crippen molar-refractivity contribution in [2.24, 2.45) is 10.9 Å². The first-order valence-corrected chi connectivity index (χ1v) is 9.45. The maximum absolute atomic E-state index is 5.40. The molecule has 1 aromatic heterocycles. The van der Waals surface area contributed by atoms with Gasteiger partial charge in [-0.25, -0.2) is 0 Å². The Morgan fingerprint density at radius 3 is 2.75 bits per heavy atom. The highest BCUT2D eigenvalue weighted by Gasteiger charge is 2.14. The molecule has 0 bridgehead atoms. The zero-order valence-electron chi connectivity index (χ0n) is 15.0. The highest BCUT2D eigenvalue weighted by Crippen LogP contribution is 2.17. The van der Waals surface area contributed by atoms with Crippen LogP contribution in [0.4, 0.5) is 0 Å². The van der Waals surface area contributed by atoms with E-state index in [1.165, 1.54) is 4.88 Å². The highest BCUT2D eigenvalue weighted by molar-refractivity contribution is 14.0. The molecule has 0 spiro atoms. The van der Waals surface area contributed by atoms with Crippen LogP contribution < -0.4 is 10.6 Å². The summed E-state index contributed by atoms with van der Waals surface area (Å²) in [5.41, 5.74) is 0. The first-order valence-electron chi connectivity index (χ1n) is 8.57. The molecule has 1 aromatic rings. The van der Waals surface area contributed by atoms with Crippen LogP contribution in [-0.2, 0) is 4.74 Å². The van der Waals surface area contributed by atoms with Crippen LogP contribution in [0.5, 0.6) is 0 Å². The molecule has 24 heavy (non-hydrogen) atoms. The highest BCUT2D eigenvalue weighted by atomic mass is 127. The standard InChI is InChI=1S/C17H30N4OS.HI/c1-4-18-17(20-15(3)16-6-5-11-23-16)19-12-14(2)13-21-7-9-22-10-8-21;/h5-6,11,14-15H,4,7-10,12-13H2,1-3H3,(H2,18,19,20);1H. The van der Waals surface area contributed by atoms with Crippen LogP contribution >= 0.6 is 35.3 Å². The number of ether oxygens (including phenoxy) is 1. The Morgan fingerprint density at radius 2 is 2.12 bits per heavy atom. The largest absolute Gasteiger partial charge is 0.379 e. The molecule has 5 nitrogen and oxygen atoms in total. The van der Waals surface area contributed by atoms with Gasteiger partial charge in [0, 0.05) is 37.6 Å². The molecule has 1 saturated heterocycles. The molecule has 1 aliphatic heterocycles. The second-order valence-electron chi connectivity index (χ2n) is 6.12. The Balaban J connectivity index is 0.00000288. The molecule has 0 aromatic carbocycles. The first kappa shape index (κ1) is 21.7. The van der Waals surface area contributed by atoms with Crippen LogP contribution in [0.2, 0.25) is 0 Å². The van der Waals surface area contributed by atoms with Crippen LogP contribution in [0, 0.1) is 5.92 Å². The van der Waals surface area contributed by atoms with Gasteiger partial charge in [-0.2, -0.15) is 0 Å². The second-order valence-corrected chi connectivity index (χ2v) is 7.10. The van der Waals surface area contributed by atoms with Crippen molar-refractivity contribution >= 4 is 41.3 Å². The number of nitrogens with one attached hydrogen (secondary N) is 2. The van der Waals surface area contributed by atoms with Crippen molar-refractivity contribution in [3.63, 3.8) is 0 Å². The Bertz CT molecular complexity index is 463. The van der Waals surface area contributed by atoms with Crippen molar-refractivity contribution in [1.82, 2.24) is 15.5 Å². The van der Waals surface area contributed by atoms with E-state index in [1.807, 2.05) is 0 Å². The van der Waals surface area contributed by atoms with Crippen molar-refractivity contribution in [1.29, 1.82) is 0 Å². The van der Waals surface area contributed by atoms with E-state index in [2.05, 4.69) is 53.8 Å². The lowest BCUT2D eigenvalue weighted by molar-refractivity contribution is 0.0323. The lowest BCUT2D eigenvalue weighted by Crippen LogP contribution is -2.40. The minimum absolute atomic E-state index is 0. The van der Waals surface area contributed by atoms with E-state index in [0.717, 1.165) is 51.9 Å². The molecule has 2 atom stereocenters. The topological polar surface area (TPSA) is 48.9 Å². The molecule has 2 rings (SSSR count). The number of halogens is 1. The summed E-state index contributed by atoms with van der Waals surface area (Å²) in [5, 5.41) is 8.95. The van der Waals surface area contributed by atoms with Gasteiger partial charge < -0.3 is 15.4 Å². The van der Waals surface area contributed by atoms with Gasteiger partial charge in [0.15, 0.2) is 5.96 Å². The summed E-state index contributed by atoms with van der Waals surface area (Å²) in [4.78, 5) is 8.57. The van der Waals surface area contributed by atoms with E-state index in [1.54, 1.807) is 11.3 Å². The van der Waals surface area contributed by atoms with Crippen LogP contribution in [-0.4, -0.2) is 56.8 Å². The van der Waals surface area contributed by atoms with E-state index in [9.17, 15) is 0 Å². The fraction of sp³-hybridized carbons (Fsp3) is 0.706. The van der Waals surface area contributed by atoms with Crippen LogP contribution in [0.3, 0.4) is 0 Å². The van der Waals surface area contributed by atoms with Gasteiger partial charge in [-0.3, -0.25) is 9.89 Å². The molecule has 7 heteroatoms. The van der Waals surface area contributed by atoms with Crippen LogP contribution in [0.15, 0.2) is 22.5 Å². The Kier molecular flexibility index (Phi) is 10.9. The van der Waals surface area contributed by atoms with Crippen molar-refractivity contribution < 1.29 is 4.74 Å².